The number of ether oxygens (including phenoxy) is 1. The van der Waals surface area contributed by atoms with Crippen molar-refractivity contribution in [2.45, 2.75) is 32.1 Å². The predicted octanol–water partition coefficient (Wildman–Crippen LogP) is 2.41. The van der Waals surface area contributed by atoms with Crippen molar-refractivity contribution in [2.75, 3.05) is 6.61 Å². The molecular weight excluding hydrogens is 228 g/mol. The summed E-state index contributed by atoms with van der Waals surface area (Å²) in [4.78, 5) is 12.0. The van der Waals surface area contributed by atoms with E-state index in [0.717, 1.165) is 18.4 Å². The molecule has 0 unspecified atom stereocenters. The molecule has 2 aliphatic carbocycles. The van der Waals surface area contributed by atoms with Crippen LogP contribution < -0.4 is 0 Å². The Hall–Kier alpha value is -1.51. The lowest BCUT2D eigenvalue weighted by Gasteiger charge is -2.11. The van der Waals surface area contributed by atoms with Crippen molar-refractivity contribution in [3.8, 4) is 5.75 Å². The molecule has 0 aliphatic heterocycles. The van der Waals surface area contributed by atoms with E-state index < -0.39 is 0 Å². The summed E-state index contributed by atoms with van der Waals surface area (Å²) >= 11 is 0. The molecular formula is C15H18O3. The number of phenols is 1. The summed E-state index contributed by atoms with van der Waals surface area (Å²) in [7, 11) is 0. The number of phenolic OH excluding ortho intramolecular Hbond substituents is 1. The molecule has 1 spiro atoms. The molecule has 96 valence electrons. The highest BCUT2D eigenvalue weighted by molar-refractivity contribution is 5.81. The molecule has 18 heavy (non-hydrogen) atoms. The first-order valence-electron chi connectivity index (χ1n) is 6.60. The molecule has 1 N–H and O–H groups in total. The standard InChI is InChI=1S/C15H18O3/c1-3-18-14(17)13-9(2)15(13)7-6-10-4-5-11(16)8-12(10)15/h4-5,8-9,13,16H,3,6-7H2,1-2H3/t9-,13+,15-/m1/s1. The number of rotatable bonds is 2. The number of hydrogen-bond donors (Lipinski definition) is 1. The van der Waals surface area contributed by atoms with Crippen LogP contribution >= 0.6 is 0 Å². The fourth-order valence-electron chi connectivity index (χ4n) is 3.76. The third-order valence-electron chi connectivity index (χ3n) is 4.70. The highest BCUT2D eigenvalue weighted by Gasteiger charge is 2.68. The van der Waals surface area contributed by atoms with Crippen molar-refractivity contribution < 1.29 is 14.6 Å². The summed E-state index contributed by atoms with van der Waals surface area (Å²) in [6, 6.07) is 5.54. The van der Waals surface area contributed by atoms with E-state index in [2.05, 4.69) is 6.92 Å². The van der Waals surface area contributed by atoms with Crippen LogP contribution in [0.4, 0.5) is 0 Å². The first-order valence-corrected chi connectivity index (χ1v) is 6.60. The number of aryl methyl sites for hydroxylation is 1. The molecule has 3 rings (SSSR count). The molecule has 3 nitrogen and oxygen atoms in total. The van der Waals surface area contributed by atoms with Gasteiger partial charge in [-0.15, -0.1) is 0 Å². The summed E-state index contributed by atoms with van der Waals surface area (Å²) in [6.45, 7) is 4.39. The van der Waals surface area contributed by atoms with Gasteiger partial charge >= 0.3 is 5.97 Å². The van der Waals surface area contributed by atoms with E-state index in [1.807, 2.05) is 19.1 Å². The van der Waals surface area contributed by atoms with Crippen molar-refractivity contribution in [2.24, 2.45) is 11.8 Å². The second kappa shape index (κ2) is 3.74. The third kappa shape index (κ3) is 1.33. The van der Waals surface area contributed by atoms with Gasteiger partial charge in [-0.25, -0.2) is 0 Å². The van der Waals surface area contributed by atoms with Crippen LogP contribution in [0.2, 0.25) is 0 Å². The first kappa shape index (κ1) is 11.6. The van der Waals surface area contributed by atoms with Gasteiger partial charge in [0.2, 0.25) is 0 Å². The van der Waals surface area contributed by atoms with E-state index in [1.165, 1.54) is 5.56 Å². The fraction of sp³-hybridized carbons (Fsp3) is 0.533. The number of hydrogen-bond acceptors (Lipinski definition) is 3. The fourth-order valence-corrected chi connectivity index (χ4v) is 3.76. The Balaban J connectivity index is 1.96. The molecule has 1 saturated carbocycles. The number of esters is 1. The molecule has 0 heterocycles. The normalized spacial score (nSPS) is 32.3. The highest BCUT2D eigenvalue weighted by atomic mass is 16.5. The first-order chi connectivity index (χ1) is 8.61. The smallest absolute Gasteiger partial charge is 0.310 e. The van der Waals surface area contributed by atoms with Gasteiger partial charge in [-0.3, -0.25) is 4.79 Å². The molecule has 3 atom stereocenters. The van der Waals surface area contributed by atoms with Crippen LogP contribution in [0, 0.1) is 11.8 Å². The Labute approximate surface area is 107 Å². The zero-order chi connectivity index (χ0) is 12.9. The monoisotopic (exact) mass is 246 g/mol. The van der Waals surface area contributed by atoms with E-state index in [9.17, 15) is 9.90 Å². The largest absolute Gasteiger partial charge is 0.508 e. The lowest BCUT2D eigenvalue weighted by Crippen LogP contribution is -2.15. The van der Waals surface area contributed by atoms with Crippen molar-refractivity contribution in [1.29, 1.82) is 0 Å². The van der Waals surface area contributed by atoms with Gasteiger partial charge in [-0.05, 0) is 48.9 Å². The second-order valence-electron chi connectivity index (χ2n) is 5.40. The molecule has 0 aromatic heterocycles. The van der Waals surface area contributed by atoms with E-state index in [0.29, 0.717) is 12.5 Å². The summed E-state index contributed by atoms with van der Waals surface area (Å²) in [5, 5.41) is 9.65. The Kier molecular flexibility index (Phi) is 2.40. The SMILES string of the molecule is CCOC(=O)[C@@H]1[C@@H](C)[C@@]12CCc1ccc(O)cc12. The number of benzene rings is 1. The van der Waals surface area contributed by atoms with Crippen molar-refractivity contribution in [1.82, 2.24) is 0 Å². The molecule has 0 amide bonds. The number of carbonyl (C=O) groups excluding carboxylic acids is 1. The Bertz CT molecular complexity index is 508. The number of aromatic hydroxyl groups is 1. The average Bonchev–Trinajstić information content (AvgIpc) is 2.75. The topological polar surface area (TPSA) is 46.5 Å². The minimum atomic E-state index is -0.0822. The minimum absolute atomic E-state index is 0.0273. The van der Waals surface area contributed by atoms with Gasteiger partial charge in [0, 0.05) is 5.41 Å². The molecule has 1 aromatic rings. The van der Waals surface area contributed by atoms with Gasteiger partial charge < -0.3 is 9.84 Å². The maximum Gasteiger partial charge on any atom is 0.310 e. The Morgan fingerprint density at radius 1 is 1.56 bits per heavy atom. The minimum Gasteiger partial charge on any atom is -0.508 e. The maximum absolute atomic E-state index is 12.0. The van der Waals surface area contributed by atoms with Gasteiger partial charge in [0.05, 0.1) is 12.5 Å². The van der Waals surface area contributed by atoms with Crippen LogP contribution in [-0.2, 0) is 21.4 Å². The molecule has 1 fully saturated rings. The molecule has 0 saturated heterocycles. The summed E-state index contributed by atoms with van der Waals surface area (Å²) in [6.07, 6.45) is 1.99. The Morgan fingerprint density at radius 3 is 3.06 bits per heavy atom. The summed E-state index contributed by atoms with van der Waals surface area (Å²) < 4.78 is 5.17. The van der Waals surface area contributed by atoms with Crippen LogP contribution in [-0.4, -0.2) is 17.7 Å². The highest BCUT2D eigenvalue weighted by Crippen LogP contribution is 2.66. The van der Waals surface area contributed by atoms with Crippen LogP contribution in [0.25, 0.3) is 0 Å². The molecule has 1 aromatic carbocycles. The zero-order valence-corrected chi connectivity index (χ0v) is 10.8. The van der Waals surface area contributed by atoms with Crippen LogP contribution in [0.5, 0.6) is 5.75 Å². The van der Waals surface area contributed by atoms with E-state index in [-0.39, 0.29) is 23.1 Å². The molecule has 0 radical (unpaired) electrons. The van der Waals surface area contributed by atoms with Crippen LogP contribution in [0.15, 0.2) is 18.2 Å². The third-order valence-corrected chi connectivity index (χ3v) is 4.70. The second-order valence-corrected chi connectivity index (χ2v) is 5.40. The van der Waals surface area contributed by atoms with Crippen molar-refractivity contribution in [3.63, 3.8) is 0 Å². The lowest BCUT2D eigenvalue weighted by atomic mass is 9.93. The Morgan fingerprint density at radius 2 is 2.33 bits per heavy atom. The molecule has 2 aliphatic rings. The maximum atomic E-state index is 12.0. The number of carbonyl (C=O) groups is 1. The van der Waals surface area contributed by atoms with E-state index in [1.54, 1.807) is 6.07 Å². The van der Waals surface area contributed by atoms with Crippen LogP contribution in [0.3, 0.4) is 0 Å². The molecule has 0 bridgehead atoms. The predicted molar refractivity (Wildman–Crippen MR) is 67.4 cm³/mol. The number of fused-ring (bicyclic) bond motifs is 2. The van der Waals surface area contributed by atoms with Gasteiger partial charge in [-0.1, -0.05) is 13.0 Å². The van der Waals surface area contributed by atoms with Crippen molar-refractivity contribution in [3.05, 3.63) is 29.3 Å². The van der Waals surface area contributed by atoms with Gasteiger partial charge in [0.1, 0.15) is 5.75 Å². The summed E-state index contributed by atoms with van der Waals surface area (Å²) in [5.41, 5.74) is 2.36. The van der Waals surface area contributed by atoms with E-state index in [4.69, 9.17) is 4.74 Å². The van der Waals surface area contributed by atoms with Crippen LogP contribution in [0.1, 0.15) is 31.4 Å². The zero-order valence-electron chi connectivity index (χ0n) is 10.8. The van der Waals surface area contributed by atoms with Crippen molar-refractivity contribution >= 4 is 5.97 Å². The van der Waals surface area contributed by atoms with Gasteiger partial charge in [0.15, 0.2) is 0 Å². The average molecular weight is 246 g/mol. The summed E-state index contributed by atoms with van der Waals surface area (Å²) in [5.74, 6) is 0.498. The molecule has 3 heteroatoms. The lowest BCUT2D eigenvalue weighted by molar-refractivity contribution is -0.145. The van der Waals surface area contributed by atoms with Gasteiger partial charge in [0.25, 0.3) is 0 Å². The van der Waals surface area contributed by atoms with Gasteiger partial charge in [-0.2, -0.15) is 0 Å². The quantitative estimate of drug-likeness (QED) is 0.815. The van der Waals surface area contributed by atoms with E-state index >= 15 is 0 Å².